The van der Waals surface area contributed by atoms with Crippen LogP contribution in [0.4, 0.5) is 0 Å². The van der Waals surface area contributed by atoms with E-state index in [0.717, 1.165) is 61.8 Å². The number of nitrogens with one attached hydrogen (secondary N) is 2. The van der Waals surface area contributed by atoms with Crippen LogP contribution < -0.4 is 16.4 Å². The van der Waals surface area contributed by atoms with E-state index < -0.39 is 6.04 Å². The van der Waals surface area contributed by atoms with Crippen LogP contribution in [0.3, 0.4) is 0 Å². The second-order valence-electron chi connectivity index (χ2n) is 15.7. The topological polar surface area (TPSA) is 133 Å². The third-order valence-electron chi connectivity index (χ3n) is 12.3. The summed E-state index contributed by atoms with van der Waals surface area (Å²) in [4.78, 5) is 53.7. The minimum atomic E-state index is -0.696. The average molecular weight is 732 g/mol. The molecule has 4 heterocycles. The maximum Gasteiger partial charge on any atom is 0.288 e. The number of hydrogen-bond acceptors (Lipinski definition) is 9. The highest BCUT2D eigenvalue weighted by Crippen LogP contribution is 2.35. The molecule has 0 radical (unpaired) electrons. The average Bonchev–Trinajstić information content (AvgIpc) is 3.86. The van der Waals surface area contributed by atoms with E-state index in [0.29, 0.717) is 38.2 Å². The van der Waals surface area contributed by atoms with Gasteiger partial charge in [0.15, 0.2) is 0 Å². The molecule has 0 spiro atoms. The predicted molar refractivity (Wildman–Crippen MR) is 203 cm³/mol. The van der Waals surface area contributed by atoms with Gasteiger partial charge in [0.2, 0.25) is 17.7 Å². The number of rotatable bonds is 10. The Morgan fingerprint density at radius 1 is 0.923 bits per heavy atom. The van der Waals surface area contributed by atoms with Crippen molar-refractivity contribution < 1.29 is 19.1 Å². The van der Waals surface area contributed by atoms with Crippen molar-refractivity contribution in [2.24, 2.45) is 22.6 Å². The summed E-state index contributed by atoms with van der Waals surface area (Å²) in [7, 11) is 0. The van der Waals surface area contributed by atoms with Crippen LogP contribution in [0.2, 0.25) is 0 Å². The van der Waals surface area contributed by atoms with Gasteiger partial charge in [0.25, 0.3) is 6.02 Å². The highest BCUT2D eigenvalue weighted by Gasteiger charge is 2.44. The molecule has 1 aromatic heterocycles. The number of thiophene rings is 1. The number of piperazine rings is 1. The zero-order chi connectivity index (χ0) is 36.0. The Morgan fingerprint density at radius 2 is 1.67 bits per heavy atom. The number of carbonyl (C=O) groups excluding carboxylic acids is 3. The highest BCUT2D eigenvalue weighted by molar-refractivity contribution is 7.09. The van der Waals surface area contributed by atoms with Gasteiger partial charge in [-0.25, -0.2) is 4.99 Å². The first kappa shape index (κ1) is 36.9. The second kappa shape index (κ2) is 17.1. The molecule has 1 unspecified atom stereocenters. The monoisotopic (exact) mass is 731 g/mol. The molecular formula is C40H57N7O4S. The standard InChI is InChI=1S/C40H57N7O4S/c1-27-36(29-9-4-2-5-10-29)51-40(43-27)46-22-23-47(34(26-46)38(49)42-25-33-11-8-24-52-33)39(50)35(44-31-16-12-30(13-17-31)37(41)48)28-14-18-32(19-15-28)45-20-6-3-7-21-45/h2,4-5,8-11,24,27-28,30-32,34-36,44H,3,6-7,12-23,25-26H2,1H3,(H2,41,48)(H,42,49)/t27-,28?,30?,31?,32?,34-,35?,36+/m0/s1. The molecule has 7 rings (SSSR count). The van der Waals surface area contributed by atoms with Gasteiger partial charge in [-0.05, 0) is 107 Å². The van der Waals surface area contributed by atoms with Crippen LogP contribution in [0.25, 0.3) is 0 Å². The van der Waals surface area contributed by atoms with Crippen molar-refractivity contribution in [1.82, 2.24) is 25.3 Å². The maximum atomic E-state index is 15.0. The van der Waals surface area contributed by atoms with E-state index in [2.05, 4.69) is 39.5 Å². The number of benzene rings is 1. The lowest BCUT2D eigenvalue weighted by Gasteiger charge is -2.45. The molecule has 4 fully saturated rings. The Labute approximate surface area is 312 Å². The quantitative estimate of drug-likeness (QED) is 0.329. The number of carbonyl (C=O) groups is 3. The maximum absolute atomic E-state index is 15.0. The molecule has 0 bridgehead atoms. The van der Waals surface area contributed by atoms with Crippen LogP contribution in [-0.4, -0.2) is 101 Å². The van der Waals surface area contributed by atoms with Crippen molar-refractivity contribution in [1.29, 1.82) is 0 Å². The van der Waals surface area contributed by atoms with Crippen molar-refractivity contribution in [2.75, 3.05) is 32.7 Å². The molecule has 2 saturated carbocycles. The van der Waals surface area contributed by atoms with Gasteiger partial charge in [0, 0.05) is 36.0 Å². The highest BCUT2D eigenvalue weighted by atomic mass is 32.1. The Kier molecular flexibility index (Phi) is 12.1. The molecule has 52 heavy (non-hydrogen) atoms. The number of hydrogen-bond donors (Lipinski definition) is 3. The summed E-state index contributed by atoms with van der Waals surface area (Å²) >= 11 is 1.61. The zero-order valence-electron chi connectivity index (χ0n) is 30.7. The van der Waals surface area contributed by atoms with E-state index in [9.17, 15) is 9.59 Å². The van der Waals surface area contributed by atoms with Crippen molar-refractivity contribution >= 4 is 35.1 Å². The Bertz CT molecular complexity index is 1520. The molecule has 3 amide bonds. The van der Waals surface area contributed by atoms with Gasteiger partial charge in [0.1, 0.15) is 12.1 Å². The molecule has 2 aliphatic carbocycles. The van der Waals surface area contributed by atoms with E-state index in [-0.39, 0.29) is 53.8 Å². The summed E-state index contributed by atoms with van der Waals surface area (Å²) in [5.41, 5.74) is 6.74. The number of piperidine rings is 1. The predicted octanol–water partition coefficient (Wildman–Crippen LogP) is 4.44. The van der Waals surface area contributed by atoms with Crippen LogP contribution >= 0.6 is 11.3 Å². The Balaban J connectivity index is 1.09. The lowest BCUT2D eigenvalue weighted by Crippen LogP contribution is -2.65. The van der Waals surface area contributed by atoms with Gasteiger partial charge in [-0.15, -0.1) is 11.3 Å². The largest absolute Gasteiger partial charge is 0.455 e. The van der Waals surface area contributed by atoms with Crippen LogP contribution in [0.15, 0.2) is 52.8 Å². The lowest BCUT2D eigenvalue weighted by molar-refractivity contribution is -0.146. The Hall–Kier alpha value is -3.48. The van der Waals surface area contributed by atoms with Crippen molar-refractivity contribution in [3.8, 4) is 0 Å². The first-order valence-electron chi connectivity index (χ1n) is 19.8. The number of aliphatic imine (C=N–C) groups is 1. The van der Waals surface area contributed by atoms with Crippen LogP contribution in [0.5, 0.6) is 0 Å². The Morgan fingerprint density at radius 3 is 2.37 bits per heavy atom. The van der Waals surface area contributed by atoms with E-state index in [1.165, 1.54) is 32.4 Å². The third kappa shape index (κ3) is 8.66. The minimum absolute atomic E-state index is 0.0131. The van der Waals surface area contributed by atoms with Crippen LogP contribution in [0.1, 0.15) is 94.1 Å². The summed E-state index contributed by atoms with van der Waals surface area (Å²) in [6.07, 6.45) is 11.0. The van der Waals surface area contributed by atoms with E-state index in [4.69, 9.17) is 15.5 Å². The summed E-state index contributed by atoms with van der Waals surface area (Å²) in [6.45, 7) is 6.10. The number of amidine groups is 1. The van der Waals surface area contributed by atoms with Crippen molar-refractivity contribution in [2.45, 2.75) is 120 Å². The fraction of sp³-hybridized carbons (Fsp3) is 0.650. The smallest absolute Gasteiger partial charge is 0.288 e. The number of ether oxygens (including phenoxy) is 1. The molecule has 5 aliphatic rings. The van der Waals surface area contributed by atoms with E-state index in [1.807, 2.05) is 40.6 Å². The molecule has 11 nitrogen and oxygen atoms in total. The van der Waals surface area contributed by atoms with Gasteiger partial charge in [-0.3, -0.25) is 14.4 Å². The molecule has 2 aromatic rings. The van der Waals surface area contributed by atoms with Crippen molar-refractivity contribution in [3.63, 3.8) is 0 Å². The summed E-state index contributed by atoms with van der Waals surface area (Å²) < 4.78 is 6.46. The van der Waals surface area contributed by atoms with Crippen LogP contribution in [0, 0.1) is 11.8 Å². The van der Waals surface area contributed by atoms with Crippen molar-refractivity contribution in [3.05, 3.63) is 58.3 Å². The summed E-state index contributed by atoms with van der Waals surface area (Å²) in [5.74, 6) is -0.282. The number of amides is 3. The number of nitrogens with zero attached hydrogens (tertiary/aromatic N) is 4. The number of likely N-dealkylation sites (tertiary alicyclic amines) is 1. The minimum Gasteiger partial charge on any atom is -0.455 e. The first-order chi connectivity index (χ1) is 25.3. The first-order valence-corrected chi connectivity index (χ1v) is 20.7. The van der Waals surface area contributed by atoms with E-state index in [1.54, 1.807) is 11.3 Å². The van der Waals surface area contributed by atoms with Gasteiger partial charge in [-0.1, -0.05) is 42.8 Å². The molecular weight excluding hydrogens is 675 g/mol. The van der Waals surface area contributed by atoms with Gasteiger partial charge >= 0.3 is 0 Å². The fourth-order valence-electron chi connectivity index (χ4n) is 9.25. The SMILES string of the molecule is C[C@@H]1N=C(N2CCN(C(=O)C(NC3CCC(C(N)=O)CC3)C3CCC(N4CCCCC4)CC3)[C@H](C(=O)NCc3cccs3)C2)O[C@H]1c1ccccc1. The molecule has 2 saturated heterocycles. The second-order valence-corrected chi connectivity index (χ2v) is 16.7. The van der Waals surface area contributed by atoms with Gasteiger partial charge < -0.3 is 35.8 Å². The molecule has 282 valence electrons. The third-order valence-corrected chi connectivity index (χ3v) is 13.2. The zero-order valence-corrected chi connectivity index (χ0v) is 31.5. The molecule has 4 N–H and O–H groups in total. The normalized spacial score (nSPS) is 30.6. The summed E-state index contributed by atoms with van der Waals surface area (Å²) in [5, 5.41) is 9.00. The molecule has 3 aliphatic heterocycles. The molecule has 12 heteroatoms. The van der Waals surface area contributed by atoms with Gasteiger partial charge in [0.05, 0.1) is 25.2 Å². The van der Waals surface area contributed by atoms with Crippen LogP contribution in [-0.2, 0) is 25.7 Å². The van der Waals surface area contributed by atoms with Gasteiger partial charge in [-0.2, -0.15) is 0 Å². The number of primary amides is 1. The molecule has 4 atom stereocenters. The lowest BCUT2D eigenvalue weighted by atomic mass is 9.78. The fourth-order valence-corrected chi connectivity index (χ4v) is 9.89. The number of nitrogens with two attached hydrogens (primary N) is 1. The van der Waals surface area contributed by atoms with E-state index >= 15 is 4.79 Å². The molecule has 1 aromatic carbocycles. The summed E-state index contributed by atoms with van der Waals surface area (Å²) in [6, 6.07) is 14.2.